The highest BCUT2D eigenvalue weighted by Crippen LogP contribution is 1.96. The summed E-state index contributed by atoms with van der Waals surface area (Å²) in [7, 11) is 0. The zero-order valence-corrected chi connectivity index (χ0v) is 11.9. The topological polar surface area (TPSA) is 111 Å². The molecule has 0 fully saturated rings. The first-order chi connectivity index (χ1) is 10.1. The second-order valence-corrected chi connectivity index (χ2v) is 4.43. The molecule has 2 aromatic rings. The minimum atomic E-state index is -0.627. The number of rotatable bonds is 5. The summed E-state index contributed by atoms with van der Waals surface area (Å²) in [6.07, 6.45) is 2.10. The van der Waals surface area contributed by atoms with Crippen molar-refractivity contribution in [3.05, 3.63) is 38.4 Å². The van der Waals surface area contributed by atoms with Gasteiger partial charge >= 0.3 is 5.69 Å². The van der Waals surface area contributed by atoms with Crippen LogP contribution in [0.3, 0.4) is 0 Å². The van der Waals surface area contributed by atoms with Crippen molar-refractivity contribution in [2.24, 2.45) is 0 Å². The average molecular weight is 289 g/mol. The summed E-state index contributed by atoms with van der Waals surface area (Å²) >= 11 is 0. The van der Waals surface area contributed by atoms with Crippen LogP contribution >= 0.6 is 0 Å². The second kappa shape index (κ2) is 6.13. The predicted molar refractivity (Wildman–Crippen MR) is 72.6 cm³/mol. The maximum Gasteiger partial charge on any atom is 0.331 e. The maximum atomic E-state index is 12.2. The SMILES string of the molecule is CCCn1nnnc1Cn1c(=O)c(C#N)cn(CC)c1=O. The molecular weight excluding hydrogens is 274 g/mol. The number of hydrogen-bond donors (Lipinski definition) is 0. The Bertz CT molecular complexity index is 793. The summed E-state index contributed by atoms with van der Waals surface area (Å²) in [5.41, 5.74) is -1.18. The summed E-state index contributed by atoms with van der Waals surface area (Å²) in [5.74, 6) is 0.411. The van der Waals surface area contributed by atoms with E-state index in [-0.39, 0.29) is 12.1 Å². The number of nitrogens with zero attached hydrogens (tertiary/aromatic N) is 7. The fourth-order valence-electron chi connectivity index (χ4n) is 1.96. The molecule has 0 saturated carbocycles. The van der Waals surface area contributed by atoms with Gasteiger partial charge in [0.1, 0.15) is 11.6 Å². The van der Waals surface area contributed by atoms with Crippen molar-refractivity contribution in [3.8, 4) is 6.07 Å². The molecular formula is C12H15N7O2. The summed E-state index contributed by atoms with van der Waals surface area (Å²) in [6, 6.07) is 1.81. The van der Waals surface area contributed by atoms with Crippen molar-refractivity contribution in [1.82, 2.24) is 29.3 Å². The molecule has 0 spiro atoms. The highest BCUT2D eigenvalue weighted by atomic mass is 16.2. The van der Waals surface area contributed by atoms with Crippen LogP contribution in [0.25, 0.3) is 0 Å². The van der Waals surface area contributed by atoms with Gasteiger partial charge in [-0.25, -0.2) is 9.48 Å². The number of nitriles is 1. The van der Waals surface area contributed by atoms with Gasteiger partial charge < -0.3 is 0 Å². The zero-order chi connectivity index (χ0) is 15.4. The first-order valence-corrected chi connectivity index (χ1v) is 6.61. The summed E-state index contributed by atoms with van der Waals surface area (Å²) in [5, 5.41) is 20.2. The van der Waals surface area contributed by atoms with Crippen LogP contribution in [0.15, 0.2) is 15.8 Å². The molecule has 21 heavy (non-hydrogen) atoms. The van der Waals surface area contributed by atoms with Crippen LogP contribution in [0.2, 0.25) is 0 Å². The Morgan fingerprint density at radius 3 is 2.71 bits per heavy atom. The third-order valence-electron chi connectivity index (χ3n) is 3.04. The van der Waals surface area contributed by atoms with Crippen molar-refractivity contribution in [2.45, 2.75) is 39.9 Å². The van der Waals surface area contributed by atoms with Gasteiger partial charge in [0.2, 0.25) is 0 Å². The Kier molecular flexibility index (Phi) is 4.27. The highest BCUT2D eigenvalue weighted by molar-refractivity contribution is 5.22. The van der Waals surface area contributed by atoms with E-state index in [1.807, 2.05) is 6.92 Å². The molecule has 0 atom stereocenters. The van der Waals surface area contributed by atoms with Gasteiger partial charge in [-0.05, 0) is 23.8 Å². The second-order valence-electron chi connectivity index (χ2n) is 4.43. The van der Waals surface area contributed by atoms with Crippen LogP contribution in [0.5, 0.6) is 0 Å². The Labute approximate surface area is 120 Å². The molecule has 0 aliphatic rings. The smallest absolute Gasteiger partial charge is 0.299 e. The molecule has 0 amide bonds. The molecule has 0 radical (unpaired) electrons. The van der Waals surface area contributed by atoms with E-state index in [2.05, 4.69) is 15.5 Å². The van der Waals surface area contributed by atoms with E-state index in [1.165, 1.54) is 10.8 Å². The van der Waals surface area contributed by atoms with Crippen molar-refractivity contribution >= 4 is 0 Å². The van der Waals surface area contributed by atoms with Crippen LogP contribution in [0, 0.1) is 11.3 Å². The largest absolute Gasteiger partial charge is 0.331 e. The third-order valence-corrected chi connectivity index (χ3v) is 3.04. The van der Waals surface area contributed by atoms with Crippen LogP contribution in [0.1, 0.15) is 31.7 Å². The average Bonchev–Trinajstić information content (AvgIpc) is 2.91. The summed E-state index contributed by atoms with van der Waals surface area (Å²) in [4.78, 5) is 24.4. The zero-order valence-electron chi connectivity index (χ0n) is 11.9. The molecule has 2 heterocycles. The van der Waals surface area contributed by atoms with Crippen molar-refractivity contribution in [2.75, 3.05) is 0 Å². The molecule has 9 heteroatoms. The molecule has 0 unspecified atom stereocenters. The van der Waals surface area contributed by atoms with Crippen molar-refractivity contribution in [3.63, 3.8) is 0 Å². The molecule has 0 N–H and O–H groups in total. The summed E-state index contributed by atoms with van der Waals surface area (Å²) in [6.45, 7) is 4.64. The van der Waals surface area contributed by atoms with Crippen LogP contribution < -0.4 is 11.2 Å². The highest BCUT2D eigenvalue weighted by Gasteiger charge is 2.14. The lowest BCUT2D eigenvalue weighted by atomic mass is 10.3. The Hall–Kier alpha value is -2.76. The Morgan fingerprint density at radius 2 is 2.10 bits per heavy atom. The lowest BCUT2D eigenvalue weighted by molar-refractivity contribution is 0.522. The Morgan fingerprint density at radius 1 is 1.33 bits per heavy atom. The van der Waals surface area contributed by atoms with Gasteiger partial charge in [-0.2, -0.15) is 5.26 Å². The van der Waals surface area contributed by atoms with E-state index in [0.29, 0.717) is 18.9 Å². The lowest BCUT2D eigenvalue weighted by Crippen LogP contribution is -2.41. The van der Waals surface area contributed by atoms with E-state index in [9.17, 15) is 9.59 Å². The van der Waals surface area contributed by atoms with Gasteiger partial charge in [-0.3, -0.25) is 13.9 Å². The molecule has 0 aromatic carbocycles. The predicted octanol–water partition coefficient (Wildman–Crippen LogP) is -0.654. The molecule has 0 aliphatic heterocycles. The lowest BCUT2D eigenvalue weighted by Gasteiger charge is -2.09. The minimum absolute atomic E-state index is 0.0554. The molecule has 0 bridgehead atoms. The van der Waals surface area contributed by atoms with Gasteiger partial charge in [0.25, 0.3) is 5.56 Å². The van der Waals surface area contributed by atoms with Gasteiger partial charge in [0.05, 0.1) is 6.54 Å². The van der Waals surface area contributed by atoms with Crippen LogP contribution in [0.4, 0.5) is 0 Å². The van der Waals surface area contributed by atoms with E-state index in [0.717, 1.165) is 11.0 Å². The van der Waals surface area contributed by atoms with Crippen molar-refractivity contribution < 1.29 is 0 Å². The molecule has 110 valence electrons. The van der Waals surface area contributed by atoms with E-state index in [4.69, 9.17) is 5.26 Å². The number of tetrazole rings is 1. The van der Waals surface area contributed by atoms with Crippen LogP contribution in [-0.2, 0) is 19.6 Å². The van der Waals surface area contributed by atoms with Gasteiger partial charge in [-0.1, -0.05) is 6.92 Å². The molecule has 0 aliphatic carbocycles. The molecule has 9 nitrogen and oxygen atoms in total. The third kappa shape index (κ3) is 2.74. The quantitative estimate of drug-likeness (QED) is 0.722. The first kappa shape index (κ1) is 14.6. The van der Waals surface area contributed by atoms with Gasteiger partial charge in [0.15, 0.2) is 5.82 Å². The van der Waals surface area contributed by atoms with E-state index in [1.54, 1.807) is 17.7 Å². The van der Waals surface area contributed by atoms with Gasteiger partial charge in [0, 0.05) is 19.3 Å². The monoisotopic (exact) mass is 289 g/mol. The Balaban J connectivity index is 2.54. The van der Waals surface area contributed by atoms with E-state index < -0.39 is 11.2 Å². The number of aromatic nitrogens is 6. The normalized spacial score (nSPS) is 10.5. The maximum absolute atomic E-state index is 12.2. The molecule has 2 aromatic heterocycles. The number of hydrogen-bond acceptors (Lipinski definition) is 6. The van der Waals surface area contributed by atoms with Gasteiger partial charge in [-0.15, -0.1) is 5.10 Å². The molecule has 0 saturated heterocycles. The fraction of sp³-hybridized carbons (Fsp3) is 0.500. The summed E-state index contributed by atoms with van der Waals surface area (Å²) < 4.78 is 3.84. The van der Waals surface area contributed by atoms with E-state index >= 15 is 0 Å². The standard InChI is InChI=1S/C12H15N7O2/c1-3-5-19-10(14-15-16-19)8-18-11(20)9(6-13)7-17(4-2)12(18)21/h7H,3-5,8H2,1-2H3. The molecule has 2 rings (SSSR count). The van der Waals surface area contributed by atoms with Crippen LogP contribution in [-0.4, -0.2) is 29.3 Å². The minimum Gasteiger partial charge on any atom is -0.299 e. The fourth-order valence-corrected chi connectivity index (χ4v) is 1.96. The number of aryl methyl sites for hydroxylation is 2. The van der Waals surface area contributed by atoms with Crippen molar-refractivity contribution in [1.29, 1.82) is 5.26 Å². The first-order valence-electron chi connectivity index (χ1n) is 6.61.